The Morgan fingerprint density at radius 1 is 1.19 bits per heavy atom. The Morgan fingerprint density at radius 3 is 2.00 bits per heavy atom. The van der Waals surface area contributed by atoms with E-state index in [2.05, 4.69) is 5.32 Å². The highest BCUT2D eigenvalue weighted by Crippen LogP contribution is 2.20. The zero-order valence-corrected chi connectivity index (χ0v) is 9.78. The summed E-state index contributed by atoms with van der Waals surface area (Å²) >= 11 is 0. The largest absolute Gasteiger partial charge is 0.465 e. The van der Waals surface area contributed by atoms with Gasteiger partial charge in [-0.15, -0.1) is 0 Å². The Hall–Kier alpha value is -0.780. The molecule has 0 aliphatic rings. The second-order valence-electron chi connectivity index (χ2n) is 3.48. The molecule has 0 unspecified atom stereocenters. The van der Waals surface area contributed by atoms with Crippen LogP contribution in [0, 0.1) is 0 Å². The number of hydrogen-bond donors (Lipinski definition) is 1. The number of alkyl halides is 3. The van der Waals surface area contributed by atoms with Crippen molar-refractivity contribution in [3.05, 3.63) is 0 Å². The van der Waals surface area contributed by atoms with Gasteiger partial charge in [-0.05, 0) is 19.8 Å². The molecular weight excluding hydrogens is 223 g/mol. The lowest BCUT2D eigenvalue weighted by molar-refractivity contribution is -0.156. The molecule has 1 N–H and O–H groups in total. The average molecular weight is 241 g/mol. The van der Waals surface area contributed by atoms with Crippen molar-refractivity contribution < 1.29 is 22.7 Å². The molecule has 0 heterocycles. The van der Waals surface area contributed by atoms with E-state index in [0.717, 1.165) is 0 Å². The summed E-state index contributed by atoms with van der Waals surface area (Å²) in [7, 11) is 0. The standard InChI is InChI=1S/C10H18F3NO2/c1-4-9(5-2,8(15)16-6-3)14-7-10(11,12)13/h14H,4-7H2,1-3H3. The number of rotatable bonds is 6. The van der Waals surface area contributed by atoms with Gasteiger partial charge >= 0.3 is 12.1 Å². The molecule has 0 aromatic rings. The third-order valence-corrected chi connectivity index (χ3v) is 2.50. The molecule has 0 bridgehead atoms. The van der Waals surface area contributed by atoms with E-state index < -0.39 is 24.2 Å². The lowest BCUT2D eigenvalue weighted by Crippen LogP contribution is -2.54. The quantitative estimate of drug-likeness (QED) is 0.725. The molecule has 0 atom stereocenters. The van der Waals surface area contributed by atoms with E-state index in [4.69, 9.17) is 4.74 Å². The zero-order chi connectivity index (χ0) is 12.8. The lowest BCUT2D eigenvalue weighted by Gasteiger charge is -2.30. The molecule has 0 spiro atoms. The Balaban J connectivity index is 4.62. The molecule has 0 radical (unpaired) electrons. The summed E-state index contributed by atoms with van der Waals surface area (Å²) in [6.45, 7) is 3.91. The molecule has 3 nitrogen and oxygen atoms in total. The molecule has 16 heavy (non-hydrogen) atoms. The summed E-state index contributed by atoms with van der Waals surface area (Å²) in [4.78, 5) is 11.6. The minimum atomic E-state index is -4.33. The highest BCUT2D eigenvalue weighted by molar-refractivity contribution is 5.80. The number of carbonyl (C=O) groups excluding carboxylic acids is 1. The van der Waals surface area contributed by atoms with Gasteiger partial charge in [0.25, 0.3) is 0 Å². The third kappa shape index (κ3) is 4.38. The smallest absolute Gasteiger partial charge is 0.401 e. The van der Waals surface area contributed by atoms with Gasteiger partial charge in [-0.3, -0.25) is 10.1 Å². The van der Waals surface area contributed by atoms with E-state index in [0.29, 0.717) is 0 Å². The van der Waals surface area contributed by atoms with Gasteiger partial charge < -0.3 is 4.74 Å². The van der Waals surface area contributed by atoms with Crippen LogP contribution in [0.4, 0.5) is 13.2 Å². The van der Waals surface area contributed by atoms with Crippen molar-refractivity contribution in [1.29, 1.82) is 0 Å². The minimum absolute atomic E-state index is 0.161. The number of nitrogens with one attached hydrogen (secondary N) is 1. The van der Waals surface area contributed by atoms with Gasteiger partial charge in [0, 0.05) is 0 Å². The van der Waals surface area contributed by atoms with Crippen molar-refractivity contribution in [2.24, 2.45) is 0 Å². The van der Waals surface area contributed by atoms with Crippen molar-refractivity contribution in [3.63, 3.8) is 0 Å². The summed E-state index contributed by atoms with van der Waals surface area (Å²) < 4.78 is 41.1. The third-order valence-electron chi connectivity index (χ3n) is 2.50. The molecule has 0 fully saturated rings. The van der Waals surface area contributed by atoms with Crippen molar-refractivity contribution >= 4 is 5.97 Å². The molecular formula is C10H18F3NO2. The fourth-order valence-corrected chi connectivity index (χ4v) is 1.40. The fraction of sp³-hybridized carbons (Fsp3) is 0.900. The Morgan fingerprint density at radius 2 is 1.69 bits per heavy atom. The number of esters is 1. The van der Waals surface area contributed by atoms with Gasteiger partial charge in [-0.2, -0.15) is 13.2 Å². The van der Waals surface area contributed by atoms with Gasteiger partial charge in [0.05, 0.1) is 13.2 Å². The lowest BCUT2D eigenvalue weighted by atomic mass is 9.93. The maximum absolute atomic E-state index is 12.1. The second-order valence-corrected chi connectivity index (χ2v) is 3.48. The van der Waals surface area contributed by atoms with E-state index in [9.17, 15) is 18.0 Å². The predicted molar refractivity (Wildman–Crippen MR) is 54.0 cm³/mol. The Labute approximate surface area is 93.3 Å². The minimum Gasteiger partial charge on any atom is -0.465 e. The predicted octanol–water partition coefficient (Wildman–Crippen LogP) is 2.26. The number of hydrogen-bond acceptors (Lipinski definition) is 3. The molecule has 96 valence electrons. The second kappa shape index (κ2) is 6.08. The van der Waals surface area contributed by atoms with Crippen molar-refractivity contribution in [2.45, 2.75) is 45.3 Å². The molecule has 0 rings (SSSR count). The Bertz CT molecular complexity index is 225. The van der Waals surface area contributed by atoms with Crippen molar-refractivity contribution in [2.75, 3.05) is 13.2 Å². The van der Waals surface area contributed by atoms with Crippen LogP contribution >= 0.6 is 0 Å². The topological polar surface area (TPSA) is 38.3 Å². The molecule has 0 aromatic carbocycles. The van der Waals surface area contributed by atoms with E-state index in [-0.39, 0.29) is 19.4 Å². The first-order valence-corrected chi connectivity index (χ1v) is 5.30. The van der Waals surface area contributed by atoms with E-state index in [1.807, 2.05) is 0 Å². The zero-order valence-electron chi connectivity index (χ0n) is 9.78. The first-order valence-electron chi connectivity index (χ1n) is 5.30. The maximum Gasteiger partial charge on any atom is 0.401 e. The van der Waals surface area contributed by atoms with Gasteiger partial charge in [0.1, 0.15) is 5.54 Å². The number of ether oxygens (including phenoxy) is 1. The van der Waals surface area contributed by atoms with Crippen LogP contribution in [0.1, 0.15) is 33.6 Å². The molecule has 6 heteroatoms. The van der Waals surface area contributed by atoms with Gasteiger partial charge in [-0.1, -0.05) is 13.8 Å². The monoisotopic (exact) mass is 241 g/mol. The van der Waals surface area contributed by atoms with Crippen LogP contribution in [-0.2, 0) is 9.53 Å². The summed E-state index contributed by atoms with van der Waals surface area (Å²) in [5.74, 6) is -0.621. The summed E-state index contributed by atoms with van der Waals surface area (Å²) in [6, 6.07) is 0. The van der Waals surface area contributed by atoms with E-state index in [1.165, 1.54) is 0 Å². The van der Waals surface area contributed by atoms with E-state index >= 15 is 0 Å². The summed E-state index contributed by atoms with van der Waals surface area (Å²) in [5, 5.41) is 2.26. The molecule has 0 aliphatic heterocycles. The van der Waals surface area contributed by atoms with E-state index in [1.54, 1.807) is 20.8 Å². The van der Waals surface area contributed by atoms with Crippen LogP contribution in [0.3, 0.4) is 0 Å². The fourth-order valence-electron chi connectivity index (χ4n) is 1.40. The first-order chi connectivity index (χ1) is 7.31. The normalized spacial score (nSPS) is 12.6. The molecule has 0 saturated heterocycles. The van der Waals surface area contributed by atoms with Crippen LogP contribution in [-0.4, -0.2) is 30.8 Å². The van der Waals surface area contributed by atoms with Crippen LogP contribution < -0.4 is 5.32 Å². The maximum atomic E-state index is 12.1. The highest BCUT2D eigenvalue weighted by Gasteiger charge is 2.39. The summed E-state index contributed by atoms with van der Waals surface area (Å²) in [6.07, 6.45) is -3.81. The van der Waals surface area contributed by atoms with Crippen LogP contribution in [0.25, 0.3) is 0 Å². The number of carbonyl (C=O) groups is 1. The number of halogens is 3. The average Bonchev–Trinajstić information content (AvgIpc) is 2.19. The van der Waals surface area contributed by atoms with Gasteiger partial charge in [0.2, 0.25) is 0 Å². The Kier molecular flexibility index (Phi) is 5.78. The summed E-state index contributed by atoms with van der Waals surface area (Å²) in [5.41, 5.74) is -1.23. The van der Waals surface area contributed by atoms with Gasteiger partial charge in [0.15, 0.2) is 0 Å². The van der Waals surface area contributed by atoms with Gasteiger partial charge in [-0.25, -0.2) is 0 Å². The van der Waals surface area contributed by atoms with Crippen molar-refractivity contribution in [3.8, 4) is 0 Å². The SMILES string of the molecule is CCOC(=O)C(CC)(CC)NCC(F)(F)F. The molecule has 0 amide bonds. The first kappa shape index (κ1) is 15.2. The molecule has 0 aromatic heterocycles. The molecule has 0 saturated carbocycles. The van der Waals surface area contributed by atoms with Crippen LogP contribution in [0.15, 0.2) is 0 Å². The highest BCUT2D eigenvalue weighted by atomic mass is 19.4. The van der Waals surface area contributed by atoms with Crippen LogP contribution in [0.5, 0.6) is 0 Å². The van der Waals surface area contributed by atoms with Crippen LogP contribution in [0.2, 0.25) is 0 Å². The van der Waals surface area contributed by atoms with Crippen molar-refractivity contribution in [1.82, 2.24) is 5.32 Å². The molecule has 0 aliphatic carbocycles.